The Kier molecular flexibility index (Phi) is 4.32. The molecule has 4 heteroatoms. The fourth-order valence-electron chi connectivity index (χ4n) is 4.06. The lowest BCUT2D eigenvalue weighted by Crippen LogP contribution is -2.44. The topological polar surface area (TPSA) is 53.8 Å². The fourth-order valence-corrected chi connectivity index (χ4v) is 4.29. The normalized spacial score (nSPS) is 23.9. The minimum atomic E-state index is -0.324. The molecule has 0 saturated heterocycles. The van der Waals surface area contributed by atoms with Crippen LogP contribution in [0.3, 0.4) is 0 Å². The number of benzene rings is 2. The number of aromatic nitrogens is 1. The van der Waals surface area contributed by atoms with E-state index in [1.54, 1.807) is 0 Å². The van der Waals surface area contributed by atoms with Gasteiger partial charge in [0.15, 0.2) is 0 Å². The van der Waals surface area contributed by atoms with E-state index in [1.807, 2.05) is 19.2 Å². The average molecular weight is 354 g/mol. The highest BCUT2D eigenvalue weighted by molar-refractivity contribution is 6.31. The molecule has 1 aliphatic rings. The van der Waals surface area contributed by atoms with Gasteiger partial charge >= 0.3 is 0 Å². The molecule has 0 spiro atoms. The summed E-state index contributed by atoms with van der Waals surface area (Å²) in [4.78, 5) is 3.60. The molecule has 0 amide bonds. The molecule has 0 aliphatic heterocycles. The van der Waals surface area contributed by atoms with Gasteiger partial charge in [-0.2, -0.15) is 0 Å². The third kappa shape index (κ3) is 3.08. The van der Waals surface area contributed by atoms with Crippen LogP contribution in [0.15, 0.2) is 48.5 Å². The Morgan fingerprint density at radius 1 is 1.12 bits per heavy atom. The van der Waals surface area contributed by atoms with Crippen molar-refractivity contribution in [3.05, 3.63) is 59.1 Å². The van der Waals surface area contributed by atoms with E-state index in [1.165, 1.54) is 5.56 Å². The molecule has 1 saturated carbocycles. The van der Waals surface area contributed by atoms with Crippen LogP contribution in [-0.4, -0.2) is 18.1 Å². The van der Waals surface area contributed by atoms with Crippen molar-refractivity contribution < 1.29 is 0 Å². The zero-order valence-corrected chi connectivity index (χ0v) is 15.2. The molecule has 2 aromatic carbocycles. The van der Waals surface area contributed by atoms with Gasteiger partial charge in [0.1, 0.15) is 0 Å². The van der Waals surface area contributed by atoms with E-state index < -0.39 is 0 Å². The molecular formula is C21H24ClN3. The van der Waals surface area contributed by atoms with E-state index in [4.69, 9.17) is 17.3 Å². The van der Waals surface area contributed by atoms with E-state index in [-0.39, 0.29) is 5.54 Å². The third-order valence-corrected chi connectivity index (χ3v) is 5.82. The maximum atomic E-state index is 6.87. The van der Waals surface area contributed by atoms with Crippen LogP contribution in [0.1, 0.15) is 31.2 Å². The van der Waals surface area contributed by atoms with Crippen molar-refractivity contribution in [1.82, 2.24) is 10.3 Å². The first-order chi connectivity index (χ1) is 12.1. The van der Waals surface area contributed by atoms with Crippen molar-refractivity contribution >= 4 is 22.5 Å². The van der Waals surface area contributed by atoms with Crippen molar-refractivity contribution in [2.24, 2.45) is 5.73 Å². The number of halogens is 1. The Labute approximate surface area is 153 Å². The molecule has 1 aromatic heterocycles. The van der Waals surface area contributed by atoms with Crippen LogP contribution in [0, 0.1) is 0 Å². The smallest absolute Gasteiger partial charge is 0.0511 e. The quantitative estimate of drug-likeness (QED) is 0.633. The predicted octanol–water partition coefficient (Wildman–Crippen LogP) is 4.80. The number of hydrogen-bond donors (Lipinski definition) is 3. The molecular weight excluding hydrogens is 330 g/mol. The largest absolute Gasteiger partial charge is 0.354 e. The summed E-state index contributed by atoms with van der Waals surface area (Å²) in [5, 5.41) is 5.26. The molecule has 25 heavy (non-hydrogen) atoms. The Morgan fingerprint density at radius 3 is 2.52 bits per heavy atom. The number of aromatic amines is 1. The molecule has 1 heterocycles. The molecule has 0 bridgehead atoms. The van der Waals surface area contributed by atoms with Crippen molar-refractivity contribution in [2.75, 3.05) is 7.05 Å². The highest BCUT2D eigenvalue weighted by atomic mass is 35.5. The fraction of sp³-hybridized carbons (Fsp3) is 0.333. The van der Waals surface area contributed by atoms with Gasteiger partial charge < -0.3 is 16.0 Å². The second-order valence-electron chi connectivity index (χ2n) is 7.19. The van der Waals surface area contributed by atoms with Gasteiger partial charge in [0.05, 0.1) is 5.52 Å². The predicted molar refractivity (Wildman–Crippen MR) is 106 cm³/mol. The van der Waals surface area contributed by atoms with E-state index >= 15 is 0 Å². The number of H-pyrrole nitrogens is 1. The van der Waals surface area contributed by atoms with Gasteiger partial charge in [0.25, 0.3) is 0 Å². The SMILES string of the molecule is CNC1CCC(N)(c2cc(Cl)cc3cc(-c4ccccc4)[nH]c23)CC1. The van der Waals surface area contributed by atoms with Crippen LogP contribution >= 0.6 is 11.6 Å². The monoisotopic (exact) mass is 353 g/mol. The number of nitrogens with one attached hydrogen (secondary N) is 2. The number of hydrogen-bond acceptors (Lipinski definition) is 2. The summed E-state index contributed by atoms with van der Waals surface area (Å²) in [6, 6.07) is 17.2. The van der Waals surface area contributed by atoms with Crippen LogP contribution in [0.2, 0.25) is 5.02 Å². The molecule has 130 valence electrons. The van der Waals surface area contributed by atoms with Crippen molar-refractivity contribution in [3.63, 3.8) is 0 Å². The van der Waals surface area contributed by atoms with Crippen LogP contribution in [0.5, 0.6) is 0 Å². The lowest BCUT2D eigenvalue weighted by Gasteiger charge is -2.38. The number of nitrogens with two attached hydrogens (primary N) is 1. The van der Waals surface area contributed by atoms with Gasteiger partial charge in [-0.1, -0.05) is 41.9 Å². The second-order valence-corrected chi connectivity index (χ2v) is 7.62. The van der Waals surface area contributed by atoms with E-state index in [0.29, 0.717) is 6.04 Å². The van der Waals surface area contributed by atoms with E-state index in [0.717, 1.165) is 52.9 Å². The van der Waals surface area contributed by atoms with Crippen LogP contribution in [0.4, 0.5) is 0 Å². The second kappa shape index (κ2) is 6.49. The van der Waals surface area contributed by atoms with Gasteiger partial charge in [-0.05, 0) is 62.1 Å². The summed E-state index contributed by atoms with van der Waals surface area (Å²) in [7, 11) is 2.03. The first-order valence-corrected chi connectivity index (χ1v) is 9.31. The zero-order valence-electron chi connectivity index (χ0n) is 14.5. The van der Waals surface area contributed by atoms with Crippen molar-refractivity contribution in [2.45, 2.75) is 37.3 Å². The lowest BCUT2D eigenvalue weighted by atomic mass is 9.75. The van der Waals surface area contributed by atoms with Gasteiger partial charge in [-0.25, -0.2) is 0 Å². The summed E-state index contributed by atoms with van der Waals surface area (Å²) < 4.78 is 0. The highest BCUT2D eigenvalue weighted by Crippen LogP contribution is 2.40. The molecule has 0 atom stereocenters. The zero-order chi connectivity index (χ0) is 17.4. The van der Waals surface area contributed by atoms with Crippen molar-refractivity contribution in [3.8, 4) is 11.3 Å². The van der Waals surface area contributed by atoms with Gasteiger partial charge in [0, 0.05) is 27.7 Å². The third-order valence-electron chi connectivity index (χ3n) is 5.60. The Bertz CT molecular complexity index is 877. The molecule has 0 unspecified atom stereocenters. The molecule has 0 radical (unpaired) electrons. The summed E-state index contributed by atoms with van der Waals surface area (Å²) in [6.45, 7) is 0. The molecule has 1 fully saturated rings. The van der Waals surface area contributed by atoms with Gasteiger partial charge in [-0.3, -0.25) is 0 Å². The molecule has 4 rings (SSSR count). The summed E-state index contributed by atoms with van der Waals surface area (Å²) in [5.74, 6) is 0. The van der Waals surface area contributed by atoms with Crippen LogP contribution in [-0.2, 0) is 5.54 Å². The number of rotatable bonds is 3. The molecule has 3 aromatic rings. The van der Waals surface area contributed by atoms with E-state index in [9.17, 15) is 0 Å². The maximum absolute atomic E-state index is 6.87. The minimum Gasteiger partial charge on any atom is -0.354 e. The minimum absolute atomic E-state index is 0.324. The van der Waals surface area contributed by atoms with Crippen LogP contribution in [0.25, 0.3) is 22.2 Å². The van der Waals surface area contributed by atoms with E-state index in [2.05, 4.69) is 46.7 Å². The first kappa shape index (κ1) is 16.6. The highest BCUT2D eigenvalue weighted by Gasteiger charge is 2.34. The maximum Gasteiger partial charge on any atom is 0.0511 e. The standard InChI is InChI=1S/C21H24ClN3/c1-24-17-7-9-21(23,10-8-17)18-13-16(22)11-15-12-19(25-20(15)18)14-5-3-2-4-6-14/h2-6,11-13,17,24-25H,7-10,23H2,1H3. The number of fused-ring (bicyclic) bond motifs is 1. The average Bonchev–Trinajstić information content (AvgIpc) is 3.06. The van der Waals surface area contributed by atoms with Gasteiger partial charge in [-0.15, -0.1) is 0 Å². The Hall–Kier alpha value is -1.81. The lowest BCUT2D eigenvalue weighted by molar-refractivity contribution is 0.260. The molecule has 4 N–H and O–H groups in total. The van der Waals surface area contributed by atoms with Crippen LogP contribution < -0.4 is 11.1 Å². The summed E-state index contributed by atoms with van der Waals surface area (Å²) in [5.41, 5.74) is 11.1. The summed E-state index contributed by atoms with van der Waals surface area (Å²) >= 11 is 6.43. The first-order valence-electron chi connectivity index (χ1n) is 8.93. The Balaban J connectivity index is 1.80. The molecule has 1 aliphatic carbocycles. The Morgan fingerprint density at radius 2 is 1.84 bits per heavy atom. The van der Waals surface area contributed by atoms with Crippen molar-refractivity contribution in [1.29, 1.82) is 0 Å². The molecule has 3 nitrogen and oxygen atoms in total. The summed E-state index contributed by atoms with van der Waals surface area (Å²) in [6.07, 6.45) is 4.11. The van der Waals surface area contributed by atoms with Gasteiger partial charge in [0.2, 0.25) is 0 Å².